The maximum Gasteiger partial charge on any atom is 0.0635 e. The van der Waals surface area contributed by atoms with Gasteiger partial charge in [0.25, 0.3) is 0 Å². The minimum Gasteiger partial charge on any atom is -0.308 e. The molecule has 0 saturated carbocycles. The first-order chi connectivity index (χ1) is 37.2. The smallest absolute Gasteiger partial charge is 0.0635 e. The number of aromatic nitrogens is 2. The van der Waals surface area contributed by atoms with Gasteiger partial charge < -0.3 is 8.80 Å². The number of thiophene rings is 1. The van der Waals surface area contributed by atoms with Crippen LogP contribution in [0.25, 0.3) is 163 Å². The molecule has 2 nitrogen and oxygen atoms in total. The van der Waals surface area contributed by atoms with Gasteiger partial charge in [-0.1, -0.05) is 182 Å². The van der Waals surface area contributed by atoms with E-state index >= 15 is 0 Å². The van der Waals surface area contributed by atoms with Crippen molar-refractivity contribution in [1.82, 2.24) is 8.80 Å². The van der Waals surface area contributed by atoms with E-state index in [0.29, 0.717) is 0 Å². The number of nitrogens with zero attached hydrogens (tertiary/aromatic N) is 2. The zero-order valence-corrected chi connectivity index (χ0v) is 41.4. The minimum absolute atomic E-state index is 1.20. The van der Waals surface area contributed by atoms with Gasteiger partial charge in [-0.3, -0.25) is 0 Å². The lowest BCUT2D eigenvalue weighted by molar-refractivity contribution is 1.36. The van der Waals surface area contributed by atoms with Crippen molar-refractivity contribution < 1.29 is 0 Å². The van der Waals surface area contributed by atoms with Crippen molar-refractivity contribution in [3.05, 3.63) is 255 Å². The summed E-state index contributed by atoms with van der Waals surface area (Å²) in [4.78, 5) is 0. The molecule has 17 rings (SSSR count). The van der Waals surface area contributed by atoms with Crippen molar-refractivity contribution in [3.63, 3.8) is 0 Å². The Hall–Kier alpha value is -9.54. The van der Waals surface area contributed by atoms with Crippen LogP contribution in [-0.2, 0) is 0 Å². The molecule has 5 heterocycles. The van der Waals surface area contributed by atoms with Gasteiger partial charge in [0.05, 0.1) is 33.1 Å². The SMILES string of the molecule is c1ccc(-c2cc(-c3ccccc3)cc(-c3ccc4c5cccc6c7cc8c(cc7n(c4c3)c56)c3cc4c5ccccc5sc4c4c5ccc(-c6cc(-c7ccccc7)cc(-c7ccccc7)c6)cc5n8c34)c2)cc1. The molecule has 0 atom stereocenters. The highest BCUT2D eigenvalue weighted by Crippen LogP contribution is 2.50. The number of fused-ring (bicyclic) bond motifs is 16. The summed E-state index contributed by atoms with van der Waals surface area (Å²) in [7, 11) is 0. The van der Waals surface area contributed by atoms with Crippen LogP contribution in [0, 0.1) is 0 Å². The van der Waals surface area contributed by atoms with Crippen LogP contribution in [-0.4, -0.2) is 8.80 Å². The molecule has 0 bridgehead atoms. The summed E-state index contributed by atoms with van der Waals surface area (Å²) < 4.78 is 7.85. The Morgan fingerprint density at radius 3 is 1.15 bits per heavy atom. The average molecular weight is 967 g/mol. The number of hydrogen-bond acceptors (Lipinski definition) is 1. The second kappa shape index (κ2) is 15.5. The summed E-state index contributed by atoms with van der Waals surface area (Å²) in [6.07, 6.45) is 0. The standard InChI is InChI=1S/C72H42N2S/c1-5-16-43(17-6-1)49-32-50(44-18-7-2-8-19-44)35-53(34-49)47-28-30-55-57-25-15-26-58-60-41-67-61(42-66(60)73(70(57)58)64(55)38-47)62-40-63-56-24-13-14-27-68(56)75-72(63)69-59-31-29-48(39-65(59)74(67)71(62)69)54-36-51(45-20-9-3-10-21-45)33-52(37-54)46-22-11-4-12-23-46/h1-42H. The number of hydrogen-bond donors (Lipinski definition) is 0. The topological polar surface area (TPSA) is 8.82 Å². The fraction of sp³-hybridized carbons (Fsp3) is 0. The average Bonchev–Trinajstić information content (AvgIpc) is 4.40. The van der Waals surface area contributed by atoms with Crippen LogP contribution in [0.1, 0.15) is 0 Å². The van der Waals surface area contributed by atoms with Crippen LogP contribution >= 0.6 is 11.3 Å². The summed E-state index contributed by atoms with van der Waals surface area (Å²) in [6, 6.07) is 95.1. The molecule has 0 fully saturated rings. The summed E-state index contributed by atoms with van der Waals surface area (Å²) in [6.45, 7) is 0. The van der Waals surface area contributed by atoms with Gasteiger partial charge in [-0.05, 0) is 140 Å². The third-order valence-electron chi connectivity index (χ3n) is 16.3. The van der Waals surface area contributed by atoms with Crippen LogP contribution < -0.4 is 0 Å². The zero-order valence-electron chi connectivity index (χ0n) is 40.6. The van der Waals surface area contributed by atoms with E-state index in [1.807, 2.05) is 11.3 Å². The first-order valence-corrected chi connectivity index (χ1v) is 26.7. The highest BCUT2D eigenvalue weighted by molar-refractivity contribution is 7.26. The molecule has 3 heteroatoms. The fourth-order valence-corrected chi connectivity index (χ4v) is 14.1. The summed E-state index contributed by atoms with van der Waals surface area (Å²) in [5, 5.41) is 13.0. The summed E-state index contributed by atoms with van der Waals surface area (Å²) >= 11 is 1.93. The second-order valence-electron chi connectivity index (χ2n) is 20.4. The van der Waals surface area contributed by atoms with Crippen LogP contribution in [0.5, 0.6) is 0 Å². The summed E-state index contributed by atoms with van der Waals surface area (Å²) in [5.74, 6) is 0. The molecule has 5 aromatic heterocycles. The largest absolute Gasteiger partial charge is 0.308 e. The van der Waals surface area contributed by atoms with E-state index in [2.05, 4.69) is 264 Å². The molecule has 0 saturated heterocycles. The van der Waals surface area contributed by atoms with Crippen molar-refractivity contribution in [2.24, 2.45) is 0 Å². The van der Waals surface area contributed by atoms with Gasteiger partial charge in [-0.25, -0.2) is 0 Å². The molecule has 346 valence electrons. The summed E-state index contributed by atoms with van der Waals surface area (Å²) in [5.41, 5.74) is 22.0. The Labute approximate surface area is 435 Å². The van der Waals surface area contributed by atoms with E-state index < -0.39 is 0 Å². The molecule has 0 unspecified atom stereocenters. The number of benzene rings is 12. The first-order valence-electron chi connectivity index (χ1n) is 25.9. The molecule has 0 aliphatic rings. The van der Waals surface area contributed by atoms with Crippen LogP contribution in [0.15, 0.2) is 255 Å². The third-order valence-corrected chi connectivity index (χ3v) is 17.5. The zero-order chi connectivity index (χ0) is 48.9. The maximum atomic E-state index is 2.61. The van der Waals surface area contributed by atoms with Crippen LogP contribution in [0.2, 0.25) is 0 Å². The lowest BCUT2D eigenvalue weighted by Gasteiger charge is -2.12. The first kappa shape index (κ1) is 41.0. The second-order valence-corrected chi connectivity index (χ2v) is 21.5. The van der Waals surface area contributed by atoms with Crippen molar-refractivity contribution >= 4 is 108 Å². The Kier molecular flexibility index (Phi) is 8.46. The lowest BCUT2D eigenvalue weighted by atomic mass is 9.93. The van der Waals surface area contributed by atoms with E-state index in [9.17, 15) is 0 Å². The van der Waals surface area contributed by atoms with Crippen molar-refractivity contribution in [2.45, 2.75) is 0 Å². The molecular weight excluding hydrogens is 925 g/mol. The fourth-order valence-electron chi connectivity index (χ4n) is 12.9. The van der Waals surface area contributed by atoms with Gasteiger partial charge in [-0.15, -0.1) is 11.3 Å². The van der Waals surface area contributed by atoms with Crippen LogP contribution in [0.3, 0.4) is 0 Å². The van der Waals surface area contributed by atoms with Gasteiger partial charge in [0, 0.05) is 63.3 Å². The normalized spacial score (nSPS) is 12.3. The molecule has 0 spiro atoms. The number of para-hydroxylation sites is 1. The maximum absolute atomic E-state index is 2.61. The highest BCUT2D eigenvalue weighted by Gasteiger charge is 2.26. The monoisotopic (exact) mass is 966 g/mol. The Morgan fingerprint density at radius 2 is 0.613 bits per heavy atom. The minimum atomic E-state index is 1.20. The van der Waals surface area contributed by atoms with Crippen molar-refractivity contribution in [1.29, 1.82) is 0 Å². The van der Waals surface area contributed by atoms with E-state index in [0.717, 1.165) is 0 Å². The molecule has 0 aliphatic heterocycles. The molecule has 75 heavy (non-hydrogen) atoms. The van der Waals surface area contributed by atoms with Gasteiger partial charge in [0.1, 0.15) is 0 Å². The van der Waals surface area contributed by atoms with Gasteiger partial charge in [0.15, 0.2) is 0 Å². The molecule has 0 aliphatic carbocycles. The molecule has 12 aromatic carbocycles. The quantitative estimate of drug-likeness (QED) is 0.157. The highest BCUT2D eigenvalue weighted by atomic mass is 32.1. The Bertz CT molecular complexity index is 5030. The van der Waals surface area contributed by atoms with E-state index in [1.165, 1.54) is 163 Å². The molecule has 0 N–H and O–H groups in total. The Balaban J connectivity index is 0.939. The Morgan fingerprint density at radius 1 is 0.213 bits per heavy atom. The third kappa shape index (κ3) is 5.96. The predicted octanol–water partition coefficient (Wildman–Crippen LogP) is 20.4. The molecular formula is C72H42N2S. The molecule has 0 amide bonds. The predicted molar refractivity (Wildman–Crippen MR) is 321 cm³/mol. The number of rotatable bonds is 6. The van der Waals surface area contributed by atoms with Gasteiger partial charge in [-0.2, -0.15) is 0 Å². The van der Waals surface area contributed by atoms with Gasteiger partial charge in [0.2, 0.25) is 0 Å². The van der Waals surface area contributed by atoms with Crippen molar-refractivity contribution in [3.8, 4) is 66.8 Å². The van der Waals surface area contributed by atoms with E-state index in [-0.39, 0.29) is 0 Å². The van der Waals surface area contributed by atoms with Crippen molar-refractivity contribution in [2.75, 3.05) is 0 Å². The molecule has 0 radical (unpaired) electrons. The van der Waals surface area contributed by atoms with E-state index in [1.54, 1.807) is 0 Å². The van der Waals surface area contributed by atoms with Crippen LogP contribution in [0.4, 0.5) is 0 Å². The lowest BCUT2D eigenvalue weighted by Crippen LogP contribution is -1.88. The molecule has 17 aromatic rings. The van der Waals surface area contributed by atoms with Gasteiger partial charge >= 0.3 is 0 Å². The van der Waals surface area contributed by atoms with E-state index in [4.69, 9.17) is 0 Å².